The van der Waals surface area contributed by atoms with Crippen molar-refractivity contribution in [1.29, 1.82) is 0 Å². The van der Waals surface area contributed by atoms with Gasteiger partial charge in [0.15, 0.2) is 0 Å². The molecule has 0 aliphatic carbocycles. The molecular formula is C12H25N. The molecule has 0 aliphatic rings. The fraction of sp³-hybridized carbons (Fsp3) is 0.917. The van der Waals surface area contributed by atoms with E-state index in [0.717, 1.165) is 6.42 Å². The van der Waals surface area contributed by atoms with Crippen molar-refractivity contribution >= 4 is 0 Å². The minimum Gasteiger partial charge on any atom is -0.317 e. The largest absolute Gasteiger partial charge is 0.317 e. The molecule has 0 saturated carbocycles. The monoisotopic (exact) mass is 183 g/mol. The van der Waals surface area contributed by atoms with Crippen LogP contribution in [0.1, 0.15) is 58.3 Å². The van der Waals surface area contributed by atoms with Gasteiger partial charge in [-0.15, -0.1) is 0 Å². The third-order valence-corrected chi connectivity index (χ3v) is 2.26. The van der Waals surface area contributed by atoms with Crippen molar-refractivity contribution < 1.29 is 0 Å². The quantitative estimate of drug-likeness (QED) is 0.512. The van der Waals surface area contributed by atoms with E-state index in [1.807, 2.05) is 0 Å². The zero-order valence-electron chi connectivity index (χ0n) is 9.15. The average Bonchev–Trinajstić information content (AvgIpc) is 2.16. The third kappa shape index (κ3) is 12.0. The van der Waals surface area contributed by atoms with Crippen LogP contribution in [0.3, 0.4) is 0 Å². The van der Waals surface area contributed by atoms with Gasteiger partial charge in [0.05, 0.1) is 0 Å². The number of hydrogen-bond acceptors (Lipinski definition) is 1. The van der Waals surface area contributed by atoms with Crippen molar-refractivity contribution in [3.8, 4) is 0 Å². The first-order chi connectivity index (χ1) is 6.41. The summed E-state index contributed by atoms with van der Waals surface area (Å²) >= 11 is 0. The van der Waals surface area contributed by atoms with E-state index in [0.29, 0.717) is 0 Å². The molecule has 0 aromatic heterocycles. The minimum atomic E-state index is 0.844. The zero-order valence-corrected chi connectivity index (χ0v) is 9.15. The molecule has 1 nitrogen and oxygen atoms in total. The van der Waals surface area contributed by atoms with Crippen LogP contribution < -0.4 is 5.32 Å². The Morgan fingerprint density at radius 2 is 1.46 bits per heavy atom. The standard InChI is InChI=1S/C12H25N/c1-3-5-7-9-11-13-12-10-8-6-4-2/h1,13H,3-12H2,2H3. The third-order valence-electron chi connectivity index (χ3n) is 2.26. The van der Waals surface area contributed by atoms with Crippen LogP contribution in [0.4, 0.5) is 0 Å². The first-order valence-electron chi connectivity index (χ1n) is 5.82. The van der Waals surface area contributed by atoms with Gasteiger partial charge in [0.1, 0.15) is 0 Å². The van der Waals surface area contributed by atoms with E-state index in [4.69, 9.17) is 6.92 Å². The Balaban J connectivity index is 2.76. The van der Waals surface area contributed by atoms with Gasteiger partial charge < -0.3 is 5.32 Å². The predicted octanol–water partition coefficient (Wildman–Crippen LogP) is 3.43. The molecule has 1 N–H and O–H groups in total. The Morgan fingerprint density at radius 1 is 0.846 bits per heavy atom. The number of unbranched alkanes of at least 4 members (excludes halogenated alkanes) is 6. The Hall–Kier alpha value is -0.0400. The molecule has 1 heteroatoms. The summed E-state index contributed by atoms with van der Waals surface area (Å²) in [6.45, 7) is 10.0. The molecule has 0 bridgehead atoms. The molecular weight excluding hydrogens is 158 g/mol. The Kier molecular flexibility index (Phi) is 11.9. The van der Waals surface area contributed by atoms with Crippen molar-refractivity contribution in [3.05, 3.63) is 6.92 Å². The molecule has 0 rings (SSSR count). The smallest absolute Gasteiger partial charge is 0.00489 e. The summed E-state index contributed by atoms with van der Waals surface area (Å²) in [4.78, 5) is 0. The summed E-state index contributed by atoms with van der Waals surface area (Å²) in [5.74, 6) is 0. The molecule has 0 heterocycles. The summed E-state index contributed by atoms with van der Waals surface area (Å²) in [7, 11) is 0. The Morgan fingerprint density at radius 3 is 2.00 bits per heavy atom. The molecule has 0 unspecified atom stereocenters. The zero-order chi connectivity index (χ0) is 9.78. The number of nitrogens with one attached hydrogen (secondary N) is 1. The summed E-state index contributed by atoms with van der Waals surface area (Å²) in [5.41, 5.74) is 0. The minimum absolute atomic E-state index is 0.844. The molecule has 0 saturated heterocycles. The van der Waals surface area contributed by atoms with E-state index in [1.165, 1.54) is 58.0 Å². The summed E-state index contributed by atoms with van der Waals surface area (Å²) in [6.07, 6.45) is 10.0. The molecule has 0 aromatic rings. The summed E-state index contributed by atoms with van der Waals surface area (Å²) in [6, 6.07) is 0. The van der Waals surface area contributed by atoms with Crippen LogP contribution in [0, 0.1) is 6.92 Å². The van der Waals surface area contributed by atoms with Gasteiger partial charge in [0.25, 0.3) is 0 Å². The van der Waals surface area contributed by atoms with Crippen LogP contribution in [0.5, 0.6) is 0 Å². The lowest BCUT2D eigenvalue weighted by atomic mass is 10.2. The Bertz CT molecular complexity index is 71.2. The van der Waals surface area contributed by atoms with Crippen molar-refractivity contribution in [3.63, 3.8) is 0 Å². The molecule has 0 atom stereocenters. The van der Waals surface area contributed by atoms with Gasteiger partial charge in [-0.05, 0) is 39.3 Å². The second-order valence-corrected chi connectivity index (χ2v) is 3.66. The highest BCUT2D eigenvalue weighted by atomic mass is 14.8. The molecule has 0 spiro atoms. The van der Waals surface area contributed by atoms with E-state index < -0.39 is 0 Å². The number of rotatable bonds is 10. The van der Waals surface area contributed by atoms with E-state index in [-0.39, 0.29) is 0 Å². The van der Waals surface area contributed by atoms with Crippen molar-refractivity contribution in [1.82, 2.24) is 5.32 Å². The van der Waals surface area contributed by atoms with Gasteiger partial charge >= 0.3 is 0 Å². The second-order valence-electron chi connectivity index (χ2n) is 3.66. The first-order valence-corrected chi connectivity index (χ1v) is 5.82. The second kappa shape index (κ2) is 12.0. The topological polar surface area (TPSA) is 12.0 Å². The van der Waals surface area contributed by atoms with Gasteiger partial charge in [-0.25, -0.2) is 0 Å². The highest BCUT2D eigenvalue weighted by Crippen LogP contribution is 1.98. The fourth-order valence-electron chi connectivity index (χ4n) is 1.37. The molecule has 0 aliphatic heterocycles. The molecule has 13 heavy (non-hydrogen) atoms. The highest BCUT2D eigenvalue weighted by molar-refractivity contribution is 4.50. The SMILES string of the molecule is [CH]CCCCCNCCCCCC. The lowest BCUT2D eigenvalue weighted by molar-refractivity contribution is 0.568. The van der Waals surface area contributed by atoms with Crippen LogP contribution in [-0.2, 0) is 0 Å². The van der Waals surface area contributed by atoms with Crippen LogP contribution in [0.2, 0.25) is 0 Å². The van der Waals surface area contributed by atoms with Crippen LogP contribution >= 0.6 is 0 Å². The predicted molar refractivity (Wildman–Crippen MR) is 59.8 cm³/mol. The van der Waals surface area contributed by atoms with Gasteiger partial charge in [-0.1, -0.05) is 39.0 Å². The van der Waals surface area contributed by atoms with Gasteiger partial charge in [0.2, 0.25) is 0 Å². The maximum atomic E-state index is 5.40. The summed E-state index contributed by atoms with van der Waals surface area (Å²) < 4.78 is 0. The lowest BCUT2D eigenvalue weighted by Crippen LogP contribution is -2.16. The van der Waals surface area contributed by atoms with Crippen molar-refractivity contribution in [2.45, 2.75) is 58.3 Å². The summed E-state index contributed by atoms with van der Waals surface area (Å²) in [5, 5.41) is 3.46. The highest BCUT2D eigenvalue weighted by Gasteiger charge is 1.89. The van der Waals surface area contributed by atoms with E-state index in [9.17, 15) is 0 Å². The normalized spacial score (nSPS) is 10.6. The molecule has 0 amide bonds. The lowest BCUT2D eigenvalue weighted by Gasteiger charge is -2.03. The van der Waals surface area contributed by atoms with Gasteiger partial charge in [-0.2, -0.15) is 0 Å². The van der Waals surface area contributed by atoms with Gasteiger partial charge in [-0.3, -0.25) is 0 Å². The van der Waals surface area contributed by atoms with Crippen LogP contribution in [0.15, 0.2) is 0 Å². The van der Waals surface area contributed by atoms with E-state index >= 15 is 0 Å². The van der Waals surface area contributed by atoms with Crippen LogP contribution in [0.25, 0.3) is 0 Å². The Labute approximate surface area is 84.3 Å². The molecule has 0 aromatic carbocycles. The maximum absolute atomic E-state index is 5.40. The molecule has 78 valence electrons. The van der Waals surface area contributed by atoms with Crippen LogP contribution in [-0.4, -0.2) is 13.1 Å². The van der Waals surface area contributed by atoms with E-state index in [1.54, 1.807) is 0 Å². The van der Waals surface area contributed by atoms with E-state index in [2.05, 4.69) is 12.2 Å². The fourth-order valence-corrected chi connectivity index (χ4v) is 1.37. The number of hydrogen-bond donors (Lipinski definition) is 1. The average molecular weight is 183 g/mol. The van der Waals surface area contributed by atoms with Gasteiger partial charge in [0, 0.05) is 0 Å². The first kappa shape index (κ1) is 13.0. The molecule has 0 fully saturated rings. The van der Waals surface area contributed by atoms with Crippen molar-refractivity contribution in [2.75, 3.05) is 13.1 Å². The maximum Gasteiger partial charge on any atom is -0.00489 e. The molecule has 2 radical (unpaired) electrons. The van der Waals surface area contributed by atoms with Crippen molar-refractivity contribution in [2.24, 2.45) is 0 Å².